The first-order chi connectivity index (χ1) is 8.38. The fourth-order valence-electron chi connectivity index (χ4n) is 1.63. The van der Waals surface area contributed by atoms with Gasteiger partial charge >= 0.3 is 0 Å². The maximum atomic E-state index is 12.0. The van der Waals surface area contributed by atoms with Crippen LogP contribution in [0.1, 0.15) is 26.3 Å². The summed E-state index contributed by atoms with van der Waals surface area (Å²) in [6, 6.07) is 3.72. The number of carbonyl (C=O) groups is 1. The summed E-state index contributed by atoms with van der Waals surface area (Å²) in [4.78, 5) is 12.0. The molecule has 0 aliphatic carbocycles. The van der Waals surface area contributed by atoms with Crippen LogP contribution in [-0.2, 0) is 4.79 Å². The molecule has 0 spiro atoms. The van der Waals surface area contributed by atoms with Gasteiger partial charge in [0.2, 0.25) is 5.91 Å². The Hall–Kier alpha value is -1.71. The zero-order valence-electron chi connectivity index (χ0n) is 11.3. The van der Waals surface area contributed by atoms with E-state index in [1.165, 1.54) is 0 Å². The van der Waals surface area contributed by atoms with Gasteiger partial charge in [0.05, 0.1) is 0 Å². The topological polar surface area (TPSA) is 47.6 Å². The number of hydrogen-bond acceptors (Lipinski definition) is 3. The van der Waals surface area contributed by atoms with Gasteiger partial charge in [-0.3, -0.25) is 4.79 Å². The van der Waals surface area contributed by atoms with E-state index in [0.717, 1.165) is 17.0 Å². The van der Waals surface area contributed by atoms with Crippen LogP contribution in [-0.4, -0.2) is 19.1 Å². The third-order valence-electron chi connectivity index (χ3n) is 2.82. The highest BCUT2D eigenvalue weighted by Gasteiger charge is 2.23. The van der Waals surface area contributed by atoms with Crippen molar-refractivity contribution in [3.05, 3.63) is 17.7 Å². The van der Waals surface area contributed by atoms with Gasteiger partial charge in [-0.05, 0) is 18.6 Å². The first-order valence-electron chi connectivity index (χ1n) is 6.09. The van der Waals surface area contributed by atoms with Gasteiger partial charge in [0.1, 0.15) is 13.2 Å². The van der Waals surface area contributed by atoms with E-state index in [1.54, 1.807) is 0 Å². The maximum absolute atomic E-state index is 12.0. The third-order valence-corrected chi connectivity index (χ3v) is 2.82. The molecule has 0 unspecified atom stereocenters. The van der Waals surface area contributed by atoms with Gasteiger partial charge < -0.3 is 14.8 Å². The van der Waals surface area contributed by atoms with Crippen molar-refractivity contribution in [3.8, 4) is 11.5 Å². The maximum Gasteiger partial charge on any atom is 0.229 e. The zero-order chi connectivity index (χ0) is 13.3. The molecule has 0 bridgehead atoms. The predicted molar refractivity (Wildman–Crippen MR) is 70.3 cm³/mol. The number of fused-ring (bicyclic) bond motifs is 1. The molecule has 98 valence electrons. The van der Waals surface area contributed by atoms with Crippen LogP contribution >= 0.6 is 0 Å². The van der Waals surface area contributed by atoms with Crippen molar-refractivity contribution < 1.29 is 14.3 Å². The molecule has 0 atom stereocenters. The molecule has 0 fully saturated rings. The van der Waals surface area contributed by atoms with E-state index in [1.807, 2.05) is 39.8 Å². The van der Waals surface area contributed by atoms with Crippen molar-refractivity contribution >= 4 is 11.6 Å². The number of hydrogen-bond donors (Lipinski definition) is 1. The van der Waals surface area contributed by atoms with Crippen molar-refractivity contribution in [1.29, 1.82) is 0 Å². The minimum atomic E-state index is -0.417. The SMILES string of the molecule is Cc1cc2c(cc1NC(=O)C(C)(C)C)OCCO2. The van der Waals surface area contributed by atoms with E-state index in [2.05, 4.69) is 5.32 Å². The number of ether oxygens (including phenoxy) is 2. The molecule has 1 N–H and O–H groups in total. The fraction of sp³-hybridized carbons (Fsp3) is 0.500. The average molecular weight is 249 g/mol. The molecule has 18 heavy (non-hydrogen) atoms. The summed E-state index contributed by atoms with van der Waals surface area (Å²) in [6.45, 7) is 8.71. The van der Waals surface area contributed by atoms with Crippen LogP contribution in [0, 0.1) is 12.3 Å². The summed E-state index contributed by atoms with van der Waals surface area (Å²) >= 11 is 0. The van der Waals surface area contributed by atoms with E-state index in [0.29, 0.717) is 19.0 Å². The molecule has 1 aliphatic rings. The first-order valence-corrected chi connectivity index (χ1v) is 6.09. The largest absolute Gasteiger partial charge is 0.486 e. The monoisotopic (exact) mass is 249 g/mol. The molecule has 0 aromatic heterocycles. The van der Waals surface area contributed by atoms with E-state index < -0.39 is 5.41 Å². The van der Waals surface area contributed by atoms with Crippen LogP contribution in [0.15, 0.2) is 12.1 Å². The van der Waals surface area contributed by atoms with E-state index in [9.17, 15) is 4.79 Å². The Morgan fingerprint density at radius 2 is 1.72 bits per heavy atom. The summed E-state index contributed by atoms with van der Waals surface area (Å²) < 4.78 is 11.0. The average Bonchev–Trinajstić information content (AvgIpc) is 2.28. The highest BCUT2D eigenvalue weighted by molar-refractivity contribution is 5.95. The number of benzene rings is 1. The lowest BCUT2D eigenvalue weighted by Gasteiger charge is -2.22. The van der Waals surface area contributed by atoms with Crippen molar-refractivity contribution in [2.24, 2.45) is 5.41 Å². The number of carbonyl (C=O) groups excluding carboxylic acids is 1. The molecule has 2 rings (SSSR count). The normalized spacial score (nSPS) is 14.2. The lowest BCUT2D eigenvalue weighted by molar-refractivity contribution is -0.123. The fourth-order valence-corrected chi connectivity index (χ4v) is 1.63. The second-order valence-electron chi connectivity index (χ2n) is 5.51. The van der Waals surface area contributed by atoms with Crippen LogP contribution < -0.4 is 14.8 Å². The van der Waals surface area contributed by atoms with Gasteiger partial charge in [-0.25, -0.2) is 0 Å². The van der Waals surface area contributed by atoms with Gasteiger partial charge in [0, 0.05) is 17.2 Å². The minimum absolute atomic E-state index is 0.0118. The van der Waals surface area contributed by atoms with Crippen LogP contribution in [0.2, 0.25) is 0 Å². The molecule has 1 aromatic rings. The Morgan fingerprint density at radius 3 is 2.28 bits per heavy atom. The number of aryl methyl sites for hydroxylation is 1. The van der Waals surface area contributed by atoms with Gasteiger partial charge in [-0.1, -0.05) is 20.8 Å². The summed E-state index contributed by atoms with van der Waals surface area (Å²) in [5.41, 5.74) is 1.33. The zero-order valence-corrected chi connectivity index (χ0v) is 11.3. The van der Waals surface area contributed by atoms with E-state index in [-0.39, 0.29) is 5.91 Å². The smallest absolute Gasteiger partial charge is 0.229 e. The summed E-state index contributed by atoms with van der Waals surface area (Å²) in [7, 11) is 0. The van der Waals surface area contributed by atoms with Gasteiger partial charge in [-0.2, -0.15) is 0 Å². The number of amides is 1. The molecule has 4 heteroatoms. The molecule has 1 aromatic carbocycles. The van der Waals surface area contributed by atoms with Gasteiger partial charge in [0.15, 0.2) is 11.5 Å². The molecular weight excluding hydrogens is 230 g/mol. The minimum Gasteiger partial charge on any atom is -0.486 e. The van der Waals surface area contributed by atoms with Crippen LogP contribution in [0.5, 0.6) is 11.5 Å². The highest BCUT2D eigenvalue weighted by atomic mass is 16.6. The molecule has 1 aliphatic heterocycles. The summed E-state index contributed by atoms with van der Waals surface area (Å²) in [6.07, 6.45) is 0. The molecular formula is C14H19NO3. The molecule has 0 saturated heterocycles. The second-order valence-corrected chi connectivity index (χ2v) is 5.51. The Balaban J connectivity index is 2.26. The van der Waals surface area contributed by atoms with Crippen LogP contribution in [0.3, 0.4) is 0 Å². The van der Waals surface area contributed by atoms with Gasteiger partial charge in [-0.15, -0.1) is 0 Å². The van der Waals surface area contributed by atoms with Crippen molar-refractivity contribution in [2.75, 3.05) is 18.5 Å². The first kappa shape index (κ1) is 12.7. The van der Waals surface area contributed by atoms with Crippen LogP contribution in [0.4, 0.5) is 5.69 Å². The van der Waals surface area contributed by atoms with Crippen LogP contribution in [0.25, 0.3) is 0 Å². The lowest BCUT2D eigenvalue weighted by Crippen LogP contribution is -2.28. The Bertz CT molecular complexity index is 475. The number of anilines is 1. The third kappa shape index (κ3) is 2.58. The second kappa shape index (κ2) is 4.52. The Morgan fingerprint density at radius 1 is 1.17 bits per heavy atom. The Labute approximate surface area is 107 Å². The Kier molecular flexibility index (Phi) is 3.20. The lowest BCUT2D eigenvalue weighted by atomic mass is 9.95. The molecule has 0 saturated carbocycles. The quantitative estimate of drug-likeness (QED) is 0.832. The predicted octanol–water partition coefficient (Wildman–Crippen LogP) is 2.75. The van der Waals surface area contributed by atoms with Crippen molar-refractivity contribution in [3.63, 3.8) is 0 Å². The summed E-state index contributed by atoms with van der Waals surface area (Å²) in [5, 5.41) is 2.93. The summed E-state index contributed by atoms with van der Waals surface area (Å²) in [5.74, 6) is 1.42. The number of nitrogens with one attached hydrogen (secondary N) is 1. The van der Waals surface area contributed by atoms with E-state index in [4.69, 9.17) is 9.47 Å². The van der Waals surface area contributed by atoms with Crippen molar-refractivity contribution in [1.82, 2.24) is 0 Å². The van der Waals surface area contributed by atoms with E-state index >= 15 is 0 Å². The standard InChI is InChI=1S/C14H19NO3/c1-9-7-11-12(18-6-5-17-11)8-10(9)15-13(16)14(2,3)4/h7-8H,5-6H2,1-4H3,(H,15,16). The van der Waals surface area contributed by atoms with Gasteiger partial charge in [0.25, 0.3) is 0 Å². The number of rotatable bonds is 1. The molecule has 4 nitrogen and oxygen atoms in total. The highest BCUT2D eigenvalue weighted by Crippen LogP contribution is 2.35. The van der Waals surface area contributed by atoms with Crippen molar-refractivity contribution in [2.45, 2.75) is 27.7 Å². The molecule has 1 heterocycles. The molecule has 0 radical (unpaired) electrons. The molecule has 1 amide bonds.